The van der Waals surface area contributed by atoms with Crippen LogP contribution in [0, 0.1) is 5.92 Å². The van der Waals surface area contributed by atoms with Crippen LogP contribution in [0.15, 0.2) is 28.0 Å². The second-order valence-electron chi connectivity index (χ2n) is 5.22. The van der Waals surface area contributed by atoms with Crippen LogP contribution in [-0.2, 0) is 19.9 Å². The average molecular weight is 353 g/mol. The molecule has 1 aromatic rings. The first-order chi connectivity index (χ1) is 9.61. The van der Waals surface area contributed by atoms with E-state index in [0.717, 1.165) is 25.2 Å². The van der Waals surface area contributed by atoms with E-state index in [1.165, 1.54) is 12.1 Å². The van der Waals surface area contributed by atoms with E-state index in [9.17, 15) is 16.8 Å². The average Bonchev–Trinajstić information content (AvgIpc) is 3.19. The van der Waals surface area contributed by atoms with Gasteiger partial charge >= 0.3 is 0 Å². The molecule has 1 atom stereocenters. The largest absolute Gasteiger partial charge is 0.326 e. The van der Waals surface area contributed by atoms with Crippen molar-refractivity contribution in [2.24, 2.45) is 11.7 Å². The zero-order valence-corrected chi connectivity index (χ0v) is 13.8. The number of nitrogens with two attached hydrogens (primary N) is 1. The Kier molecular flexibility index (Phi) is 4.65. The van der Waals surface area contributed by atoms with Gasteiger partial charge in [-0.15, -0.1) is 0 Å². The molecular weight excluding hydrogens is 336 g/mol. The SMILES string of the molecule is CS(=O)(=O)c1ccc(Cl)c(S(=O)(=O)NCC(N)C2CC2)c1. The third-order valence-electron chi connectivity index (χ3n) is 3.36. The van der Waals surface area contributed by atoms with Gasteiger partial charge in [-0.05, 0) is 37.0 Å². The van der Waals surface area contributed by atoms with Gasteiger partial charge in [-0.25, -0.2) is 21.6 Å². The number of hydrogen-bond acceptors (Lipinski definition) is 5. The molecule has 118 valence electrons. The second-order valence-corrected chi connectivity index (χ2v) is 9.38. The summed E-state index contributed by atoms with van der Waals surface area (Å²) in [5.41, 5.74) is 5.85. The third-order valence-corrected chi connectivity index (χ3v) is 6.37. The van der Waals surface area contributed by atoms with E-state index in [-0.39, 0.29) is 27.4 Å². The first-order valence-electron chi connectivity index (χ1n) is 6.36. The molecule has 2 rings (SSSR count). The number of hydrogen-bond donors (Lipinski definition) is 2. The molecule has 1 saturated carbocycles. The zero-order valence-electron chi connectivity index (χ0n) is 11.4. The Balaban J connectivity index is 2.26. The fraction of sp³-hybridized carbons (Fsp3) is 0.500. The normalized spacial score (nSPS) is 17.7. The Morgan fingerprint density at radius 1 is 1.33 bits per heavy atom. The van der Waals surface area contributed by atoms with Gasteiger partial charge in [0.2, 0.25) is 10.0 Å². The molecule has 6 nitrogen and oxygen atoms in total. The summed E-state index contributed by atoms with van der Waals surface area (Å²) < 4.78 is 49.9. The molecule has 0 aliphatic heterocycles. The van der Waals surface area contributed by atoms with Crippen molar-refractivity contribution in [3.8, 4) is 0 Å². The van der Waals surface area contributed by atoms with Crippen LogP contribution in [0.2, 0.25) is 5.02 Å². The molecule has 21 heavy (non-hydrogen) atoms. The highest BCUT2D eigenvalue weighted by atomic mass is 35.5. The van der Waals surface area contributed by atoms with E-state index < -0.39 is 19.9 Å². The molecule has 1 aliphatic rings. The van der Waals surface area contributed by atoms with Gasteiger partial charge in [-0.1, -0.05) is 11.6 Å². The summed E-state index contributed by atoms with van der Waals surface area (Å²) >= 11 is 5.88. The molecule has 1 unspecified atom stereocenters. The topological polar surface area (TPSA) is 106 Å². The van der Waals surface area contributed by atoms with Gasteiger partial charge in [0.25, 0.3) is 0 Å². The first kappa shape index (κ1) is 16.7. The fourth-order valence-corrected chi connectivity index (χ4v) is 4.21. The monoisotopic (exact) mass is 352 g/mol. The quantitative estimate of drug-likeness (QED) is 0.786. The minimum Gasteiger partial charge on any atom is -0.326 e. The lowest BCUT2D eigenvalue weighted by Gasteiger charge is -2.13. The number of sulfonamides is 1. The van der Waals surface area contributed by atoms with Crippen molar-refractivity contribution in [3.63, 3.8) is 0 Å². The number of halogens is 1. The maximum Gasteiger partial charge on any atom is 0.242 e. The maximum atomic E-state index is 12.2. The molecule has 0 radical (unpaired) electrons. The molecule has 0 spiro atoms. The minimum atomic E-state index is -3.90. The van der Waals surface area contributed by atoms with Gasteiger partial charge in [0.15, 0.2) is 9.84 Å². The molecular formula is C12H17ClN2O4S2. The summed E-state index contributed by atoms with van der Waals surface area (Å²) in [7, 11) is -7.41. The molecule has 1 aliphatic carbocycles. The highest BCUT2D eigenvalue weighted by molar-refractivity contribution is 7.91. The number of benzene rings is 1. The Morgan fingerprint density at radius 3 is 2.48 bits per heavy atom. The van der Waals surface area contributed by atoms with Crippen molar-refractivity contribution in [1.29, 1.82) is 0 Å². The van der Waals surface area contributed by atoms with Crippen molar-refractivity contribution in [1.82, 2.24) is 4.72 Å². The predicted molar refractivity (Wildman–Crippen MR) is 80.4 cm³/mol. The Morgan fingerprint density at radius 2 is 1.95 bits per heavy atom. The van der Waals surface area contributed by atoms with Crippen molar-refractivity contribution < 1.29 is 16.8 Å². The van der Waals surface area contributed by atoms with Gasteiger partial charge < -0.3 is 5.73 Å². The van der Waals surface area contributed by atoms with Crippen LogP contribution in [0.3, 0.4) is 0 Å². The van der Waals surface area contributed by atoms with E-state index in [1.54, 1.807) is 0 Å². The lowest BCUT2D eigenvalue weighted by molar-refractivity contribution is 0.547. The molecule has 1 fully saturated rings. The van der Waals surface area contributed by atoms with Crippen molar-refractivity contribution in [3.05, 3.63) is 23.2 Å². The molecule has 0 amide bonds. The summed E-state index contributed by atoms with van der Waals surface area (Å²) in [4.78, 5) is -0.353. The molecule has 0 bridgehead atoms. The molecule has 0 saturated heterocycles. The summed E-state index contributed by atoms with van der Waals surface area (Å²) in [5.74, 6) is 0.352. The van der Waals surface area contributed by atoms with Gasteiger partial charge in [-0.2, -0.15) is 0 Å². The summed E-state index contributed by atoms with van der Waals surface area (Å²) in [6.45, 7) is 0.104. The van der Waals surface area contributed by atoms with Crippen LogP contribution in [0.1, 0.15) is 12.8 Å². The molecule has 1 aromatic carbocycles. The van der Waals surface area contributed by atoms with Gasteiger partial charge in [0, 0.05) is 18.8 Å². The lowest BCUT2D eigenvalue weighted by atomic mass is 10.2. The molecule has 9 heteroatoms. The fourth-order valence-electron chi connectivity index (χ4n) is 1.89. The van der Waals surface area contributed by atoms with Gasteiger partial charge in [-0.3, -0.25) is 0 Å². The van der Waals surface area contributed by atoms with E-state index in [2.05, 4.69) is 4.72 Å². The van der Waals surface area contributed by atoms with E-state index in [4.69, 9.17) is 17.3 Å². The number of nitrogens with one attached hydrogen (secondary N) is 1. The molecule has 0 heterocycles. The summed E-state index contributed by atoms with van der Waals surface area (Å²) in [6.07, 6.45) is 3.02. The standard InChI is InChI=1S/C12H17ClN2O4S2/c1-20(16,17)9-4-5-10(13)12(6-9)21(18,19)15-7-11(14)8-2-3-8/h4-6,8,11,15H,2-3,7,14H2,1H3. The molecule has 0 aromatic heterocycles. The highest BCUT2D eigenvalue weighted by Gasteiger charge is 2.30. The van der Waals surface area contributed by atoms with Crippen molar-refractivity contribution in [2.75, 3.05) is 12.8 Å². The van der Waals surface area contributed by atoms with Crippen LogP contribution in [0.4, 0.5) is 0 Å². The van der Waals surface area contributed by atoms with Crippen molar-refractivity contribution >= 4 is 31.5 Å². The summed E-state index contributed by atoms with van der Waals surface area (Å²) in [5, 5.41) is -0.0325. The van der Waals surface area contributed by atoms with Crippen LogP contribution < -0.4 is 10.5 Å². The van der Waals surface area contributed by atoms with Crippen LogP contribution in [0.5, 0.6) is 0 Å². The first-order valence-corrected chi connectivity index (χ1v) is 10.1. The highest BCUT2D eigenvalue weighted by Crippen LogP contribution is 2.31. The Bertz CT molecular complexity index is 743. The number of sulfone groups is 1. The third kappa shape index (κ3) is 4.17. The van der Waals surface area contributed by atoms with E-state index >= 15 is 0 Å². The number of rotatable bonds is 6. The Labute approximate surface area is 129 Å². The predicted octanol–water partition coefficient (Wildman–Crippen LogP) is 0.759. The van der Waals surface area contributed by atoms with Crippen LogP contribution >= 0.6 is 11.6 Å². The van der Waals surface area contributed by atoms with Gasteiger partial charge in [0.1, 0.15) is 4.90 Å². The Hall–Kier alpha value is -0.670. The smallest absolute Gasteiger partial charge is 0.242 e. The molecule has 3 N–H and O–H groups in total. The van der Waals surface area contributed by atoms with E-state index in [0.29, 0.717) is 5.92 Å². The van der Waals surface area contributed by atoms with E-state index in [1.807, 2.05) is 0 Å². The zero-order chi connectivity index (χ0) is 15.8. The maximum absolute atomic E-state index is 12.2. The second kappa shape index (κ2) is 5.85. The minimum absolute atomic E-state index is 0.0325. The van der Waals surface area contributed by atoms with Crippen molar-refractivity contribution in [2.45, 2.75) is 28.7 Å². The lowest BCUT2D eigenvalue weighted by Crippen LogP contribution is -2.38. The van der Waals surface area contributed by atoms with Crippen LogP contribution in [0.25, 0.3) is 0 Å². The van der Waals surface area contributed by atoms with Crippen LogP contribution in [-0.4, -0.2) is 35.7 Å². The summed E-state index contributed by atoms with van der Waals surface area (Å²) in [6, 6.07) is 3.35. The van der Waals surface area contributed by atoms with Gasteiger partial charge in [0.05, 0.1) is 9.92 Å².